The predicted octanol–water partition coefficient (Wildman–Crippen LogP) is 2.12. The molecular formula is C21H25N5O7S. The molecule has 0 aliphatic carbocycles. The first-order valence-corrected chi connectivity index (χ1v) is 11.1. The topological polar surface area (TPSA) is 179 Å². The molecule has 0 aromatic carbocycles. The lowest BCUT2D eigenvalue weighted by Crippen LogP contribution is -2.42. The minimum atomic E-state index is -1.95. The summed E-state index contributed by atoms with van der Waals surface area (Å²) in [6, 6.07) is 5.13. The Balaban J connectivity index is 2.05. The second-order valence-corrected chi connectivity index (χ2v) is 10.5. The standard InChI is InChI=1S/C21H25N5O7S/c1-11(27)32-17-12(7-16(28)29)14(8-31-19(30)34-20(2,3)4)33-21(17,9-22)15-6-5-13-18(23)24-10-25-26(13)15/h5-6,10,12,14,17H,7-8H2,1-4H3,(H,28,29)(H2,23,24,25)/t12-,14+,17-,21+/m1/s1. The van der Waals surface area contributed by atoms with Crippen LogP contribution in [0.3, 0.4) is 0 Å². The number of carbonyl (C=O) groups is 3. The number of rotatable bonds is 6. The second-order valence-electron chi connectivity index (χ2n) is 8.73. The number of hydrogen-bond acceptors (Lipinski definition) is 11. The SMILES string of the molecule is CC(=O)O[C@@H]1[C@H](CC(=O)O)[C@H](COC(=O)SC(C)(C)C)O[C@@]1(C#N)c1ccc2c(N)ncnn12. The van der Waals surface area contributed by atoms with Crippen molar-refractivity contribution >= 4 is 40.3 Å². The van der Waals surface area contributed by atoms with Gasteiger partial charge in [0.2, 0.25) is 5.60 Å². The average Bonchev–Trinajstić information content (AvgIpc) is 3.26. The quantitative estimate of drug-likeness (QED) is 0.563. The molecule has 34 heavy (non-hydrogen) atoms. The van der Waals surface area contributed by atoms with E-state index < -0.39 is 52.1 Å². The van der Waals surface area contributed by atoms with E-state index in [-0.39, 0.29) is 18.1 Å². The minimum absolute atomic E-state index is 0.142. The van der Waals surface area contributed by atoms with E-state index in [4.69, 9.17) is 19.9 Å². The van der Waals surface area contributed by atoms with E-state index in [1.54, 1.807) is 6.07 Å². The van der Waals surface area contributed by atoms with Crippen LogP contribution in [0.2, 0.25) is 0 Å². The molecule has 0 spiro atoms. The molecule has 1 fully saturated rings. The van der Waals surface area contributed by atoms with Crippen LogP contribution < -0.4 is 5.73 Å². The molecule has 3 rings (SSSR count). The molecule has 13 heteroatoms. The monoisotopic (exact) mass is 491 g/mol. The summed E-state index contributed by atoms with van der Waals surface area (Å²) >= 11 is 0.955. The van der Waals surface area contributed by atoms with Gasteiger partial charge in [-0.1, -0.05) is 20.8 Å². The number of ether oxygens (including phenoxy) is 3. The molecule has 0 saturated carbocycles. The van der Waals surface area contributed by atoms with E-state index >= 15 is 0 Å². The van der Waals surface area contributed by atoms with Crippen LogP contribution in [-0.2, 0) is 29.4 Å². The van der Waals surface area contributed by atoms with Crippen LogP contribution in [0.1, 0.15) is 39.8 Å². The Kier molecular flexibility index (Phi) is 7.04. The second kappa shape index (κ2) is 9.47. The number of nitrogens with two attached hydrogens (primary N) is 1. The van der Waals surface area contributed by atoms with Gasteiger partial charge in [-0.3, -0.25) is 9.59 Å². The fourth-order valence-corrected chi connectivity index (χ4v) is 4.48. The molecule has 3 N–H and O–H groups in total. The summed E-state index contributed by atoms with van der Waals surface area (Å²) in [4.78, 5) is 39.8. The Morgan fingerprint density at radius 1 is 1.38 bits per heavy atom. The Morgan fingerprint density at radius 3 is 2.68 bits per heavy atom. The number of nitrogen functional groups attached to an aromatic ring is 1. The predicted molar refractivity (Wildman–Crippen MR) is 120 cm³/mol. The lowest BCUT2D eigenvalue weighted by molar-refractivity contribution is -0.157. The zero-order valence-electron chi connectivity index (χ0n) is 19.0. The molecule has 1 aliphatic heterocycles. The van der Waals surface area contributed by atoms with Gasteiger partial charge in [-0.25, -0.2) is 14.3 Å². The number of anilines is 1. The highest BCUT2D eigenvalue weighted by molar-refractivity contribution is 8.14. The zero-order valence-corrected chi connectivity index (χ0v) is 19.9. The highest BCUT2D eigenvalue weighted by atomic mass is 32.2. The molecular weight excluding hydrogens is 466 g/mol. The van der Waals surface area contributed by atoms with Gasteiger partial charge in [0, 0.05) is 17.6 Å². The minimum Gasteiger partial charge on any atom is -0.481 e. The first kappa shape index (κ1) is 25.3. The summed E-state index contributed by atoms with van der Waals surface area (Å²) in [5.74, 6) is -2.80. The van der Waals surface area contributed by atoms with E-state index in [0.717, 1.165) is 18.7 Å². The Hall–Kier alpha value is -3.37. The van der Waals surface area contributed by atoms with Crippen molar-refractivity contribution in [3.63, 3.8) is 0 Å². The van der Waals surface area contributed by atoms with E-state index in [2.05, 4.69) is 10.1 Å². The maximum absolute atomic E-state index is 12.3. The number of aromatic nitrogens is 3. The van der Waals surface area contributed by atoms with Gasteiger partial charge in [-0.2, -0.15) is 10.4 Å². The smallest absolute Gasteiger partial charge is 0.367 e. The molecule has 0 radical (unpaired) electrons. The average molecular weight is 492 g/mol. The number of thioether (sulfide) groups is 1. The lowest BCUT2D eigenvalue weighted by atomic mass is 9.84. The molecule has 2 aromatic heterocycles. The maximum Gasteiger partial charge on any atom is 0.367 e. The van der Waals surface area contributed by atoms with E-state index in [9.17, 15) is 24.8 Å². The van der Waals surface area contributed by atoms with Crippen molar-refractivity contribution in [3.05, 3.63) is 24.2 Å². The van der Waals surface area contributed by atoms with Gasteiger partial charge in [0.15, 0.2) is 11.9 Å². The van der Waals surface area contributed by atoms with Crippen LogP contribution >= 0.6 is 11.8 Å². The van der Waals surface area contributed by atoms with E-state index in [0.29, 0.717) is 5.52 Å². The largest absolute Gasteiger partial charge is 0.481 e. The normalized spacial score (nSPS) is 24.5. The van der Waals surface area contributed by atoms with Crippen LogP contribution in [0.25, 0.3) is 5.52 Å². The van der Waals surface area contributed by atoms with Crippen LogP contribution in [0, 0.1) is 17.2 Å². The highest BCUT2D eigenvalue weighted by Gasteiger charge is 2.61. The van der Waals surface area contributed by atoms with Crippen molar-refractivity contribution in [3.8, 4) is 6.07 Å². The molecule has 182 valence electrons. The first-order valence-electron chi connectivity index (χ1n) is 10.3. The number of nitriles is 1. The van der Waals surface area contributed by atoms with Gasteiger partial charge >= 0.3 is 17.2 Å². The van der Waals surface area contributed by atoms with E-state index in [1.807, 2.05) is 26.8 Å². The summed E-state index contributed by atoms with van der Waals surface area (Å²) < 4.78 is 17.8. The molecule has 12 nitrogen and oxygen atoms in total. The number of aliphatic carboxylic acids is 1. The van der Waals surface area contributed by atoms with Crippen molar-refractivity contribution in [2.75, 3.05) is 12.3 Å². The summed E-state index contributed by atoms with van der Waals surface area (Å²) in [6.07, 6.45) is -1.71. The number of esters is 1. The van der Waals surface area contributed by atoms with Crippen molar-refractivity contribution in [1.82, 2.24) is 14.6 Å². The maximum atomic E-state index is 12.3. The molecule has 2 aromatic rings. The lowest BCUT2D eigenvalue weighted by Gasteiger charge is -2.28. The Labute approximate surface area is 199 Å². The number of fused-ring (bicyclic) bond motifs is 1. The molecule has 0 bridgehead atoms. The molecule has 3 heterocycles. The third-order valence-corrected chi connectivity index (χ3v) is 5.99. The summed E-state index contributed by atoms with van der Waals surface area (Å²) in [7, 11) is 0. The van der Waals surface area contributed by atoms with Crippen molar-refractivity contribution in [2.24, 2.45) is 5.92 Å². The van der Waals surface area contributed by atoms with Gasteiger partial charge < -0.3 is 25.1 Å². The summed E-state index contributed by atoms with van der Waals surface area (Å²) in [5, 5.41) is 23.4. The van der Waals surface area contributed by atoms with Crippen LogP contribution in [0.15, 0.2) is 18.5 Å². The van der Waals surface area contributed by atoms with Crippen LogP contribution in [-0.4, -0.2) is 60.5 Å². The fourth-order valence-electron chi connectivity index (χ4n) is 3.85. The third kappa shape index (κ3) is 5.07. The molecule has 1 saturated heterocycles. The number of carbonyl (C=O) groups excluding carboxylic acids is 2. The number of carboxylic acids is 1. The van der Waals surface area contributed by atoms with Gasteiger partial charge in [-0.05, 0) is 23.9 Å². The van der Waals surface area contributed by atoms with Gasteiger partial charge in [0.25, 0.3) is 0 Å². The molecule has 0 unspecified atom stereocenters. The number of nitrogens with zero attached hydrogens (tertiary/aromatic N) is 4. The van der Waals surface area contributed by atoms with Gasteiger partial charge in [0.05, 0.1) is 12.1 Å². The van der Waals surface area contributed by atoms with Crippen molar-refractivity contribution in [1.29, 1.82) is 5.26 Å². The van der Waals surface area contributed by atoms with E-state index in [1.165, 1.54) is 16.9 Å². The third-order valence-electron chi connectivity index (χ3n) is 5.09. The Bertz CT molecular complexity index is 1150. The molecule has 1 aliphatic rings. The zero-order chi connectivity index (χ0) is 25.3. The fraction of sp³-hybridized carbons (Fsp3) is 0.524. The summed E-state index contributed by atoms with van der Waals surface area (Å²) in [5.41, 5.74) is 4.49. The number of carboxylic acid groups (broad SMARTS) is 1. The molecule has 4 atom stereocenters. The van der Waals surface area contributed by atoms with Gasteiger partial charge in [0.1, 0.15) is 30.6 Å². The summed E-state index contributed by atoms with van der Waals surface area (Å²) in [6.45, 7) is 6.30. The number of hydrogen-bond donors (Lipinski definition) is 2. The van der Waals surface area contributed by atoms with Crippen molar-refractivity contribution in [2.45, 2.75) is 56.7 Å². The van der Waals surface area contributed by atoms with Gasteiger partial charge in [-0.15, -0.1) is 0 Å². The van der Waals surface area contributed by atoms with Crippen LogP contribution in [0.5, 0.6) is 0 Å². The first-order chi connectivity index (χ1) is 15.9. The highest BCUT2D eigenvalue weighted by Crippen LogP contribution is 2.46. The van der Waals surface area contributed by atoms with Crippen LogP contribution in [0.4, 0.5) is 10.6 Å². The Morgan fingerprint density at radius 2 is 2.09 bits per heavy atom. The van der Waals surface area contributed by atoms with Crippen molar-refractivity contribution < 1.29 is 33.7 Å². The molecule has 0 amide bonds.